The van der Waals surface area contributed by atoms with Crippen molar-refractivity contribution in [2.24, 2.45) is 7.05 Å². The summed E-state index contributed by atoms with van der Waals surface area (Å²) < 4.78 is 1.78. The number of amides is 1. The largest absolute Gasteiger partial charge is 0.378 e. The van der Waals surface area contributed by atoms with Crippen molar-refractivity contribution in [1.29, 1.82) is 0 Å². The van der Waals surface area contributed by atoms with Crippen LogP contribution in [-0.4, -0.2) is 21.7 Å². The molecule has 1 unspecified atom stereocenters. The molecule has 1 atom stereocenters. The second kappa shape index (κ2) is 6.43. The van der Waals surface area contributed by atoms with Crippen molar-refractivity contribution in [2.75, 3.05) is 5.32 Å². The van der Waals surface area contributed by atoms with Crippen molar-refractivity contribution in [3.8, 4) is 0 Å². The third-order valence-electron chi connectivity index (χ3n) is 3.17. The molecule has 0 radical (unpaired) electrons. The van der Waals surface area contributed by atoms with E-state index in [1.165, 1.54) is 0 Å². The summed E-state index contributed by atoms with van der Waals surface area (Å²) in [4.78, 5) is 11.9. The van der Waals surface area contributed by atoms with Crippen LogP contribution in [0.25, 0.3) is 0 Å². The van der Waals surface area contributed by atoms with Crippen LogP contribution in [0.5, 0.6) is 0 Å². The molecule has 21 heavy (non-hydrogen) atoms. The molecular formula is C16H22N4O. The van der Waals surface area contributed by atoms with Crippen molar-refractivity contribution in [1.82, 2.24) is 15.1 Å². The molecule has 0 bridgehead atoms. The fourth-order valence-electron chi connectivity index (χ4n) is 2.06. The van der Waals surface area contributed by atoms with E-state index in [0.29, 0.717) is 5.56 Å². The Labute approximate surface area is 125 Å². The summed E-state index contributed by atoms with van der Waals surface area (Å²) in [7, 11) is 1.90. The molecule has 2 aromatic rings. The van der Waals surface area contributed by atoms with Crippen molar-refractivity contribution in [3.63, 3.8) is 0 Å². The first kappa shape index (κ1) is 15.1. The Morgan fingerprint density at radius 1 is 1.19 bits per heavy atom. The highest BCUT2D eigenvalue weighted by atomic mass is 16.1. The third-order valence-corrected chi connectivity index (χ3v) is 3.17. The van der Waals surface area contributed by atoms with E-state index in [-0.39, 0.29) is 18.0 Å². The van der Waals surface area contributed by atoms with Crippen LogP contribution in [0.3, 0.4) is 0 Å². The van der Waals surface area contributed by atoms with Crippen LogP contribution < -0.4 is 10.6 Å². The van der Waals surface area contributed by atoms with Gasteiger partial charge in [0.05, 0.1) is 12.2 Å². The van der Waals surface area contributed by atoms with Crippen LogP contribution in [0.15, 0.2) is 36.7 Å². The summed E-state index contributed by atoms with van der Waals surface area (Å²) >= 11 is 0. The fraction of sp³-hybridized carbons (Fsp3) is 0.375. The lowest BCUT2D eigenvalue weighted by molar-refractivity contribution is 0.0943. The summed E-state index contributed by atoms with van der Waals surface area (Å²) in [6, 6.07) is 7.80. The summed E-state index contributed by atoms with van der Waals surface area (Å²) in [5.41, 5.74) is 2.77. The molecule has 1 aromatic carbocycles. The molecule has 2 rings (SSSR count). The van der Waals surface area contributed by atoms with Gasteiger partial charge in [-0.15, -0.1) is 0 Å². The van der Waals surface area contributed by atoms with E-state index >= 15 is 0 Å². The van der Waals surface area contributed by atoms with Crippen molar-refractivity contribution >= 4 is 11.6 Å². The number of nitrogens with zero attached hydrogens (tertiary/aromatic N) is 2. The lowest BCUT2D eigenvalue weighted by Gasteiger charge is -2.14. The molecule has 0 aliphatic rings. The van der Waals surface area contributed by atoms with Crippen molar-refractivity contribution < 1.29 is 4.79 Å². The normalized spacial score (nSPS) is 12.2. The van der Waals surface area contributed by atoms with Gasteiger partial charge in [0.15, 0.2) is 0 Å². The predicted octanol–water partition coefficient (Wildman–Crippen LogP) is 2.73. The number of benzene rings is 1. The number of nitrogens with one attached hydrogen (secondary N) is 2. The third kappa shape index (κ3) is 4.08. The molecule has 112 valence electrons. The number of carbonyl (C=O) groups is 1. The van der Waals surface area contributed by atoms with Gasteiger partial charge in [0.1, 0.15) is 0 Å². The Kier molecular flexibility index (Phi) is 4.62. The summed E-state index contributed by atoms with van der Waals surface area (Å²) in [6.45, 7) is 5.98. The van der Waals surface area contributed by atoms with Gasteiger partial charge in [-0.05, 0) is 45.0 Å². The van der Waals surface area contributed by atoms with Gasteiger partial charge < -0.3 is 10.6 Å². The first-order valence-corrected chi connectivity index (χ1v) is 7.11. The Morgan fingerprint density at radius 3 is 2.38 bits per heavy atom. The summed E-state index contributed by atoms with van der Waals surface area (Å²) in [6.07, 6.45) is 3.84. The average molecular weight is 286 g/mol. The van der Waals surface area contributed by atoms with Crippen LogP contribution in [0.2, 0.25) is 0 Å². The van der Waals surface area contributed by atoms with E-state index in [2.05, 4.69) is 22.7 Å². The number of aromatic nitrogens is 2. The number of hydrogen-bond donors (Lipinski definition) is 2. The quantitative estimate of drug-likeness (QED) is 0.888. The van der Waals surface area contributed by atoms with Gasteiger partial charge in [0.2, 0.25) is 0 Å². The van der Waals surface area contributed by atoms with Crippen LogP contribution in [-0.2, 0) is 7.05 Å². The molecule has 0 spiro atoms. The first-order valence-electron chi connectivity index (χ1n) is 7.11. The minimum Gasteiger partial charge on any atom is -0.378 e. The van der Waals surface area contributed by atoms with Gasteiger partial charge in [-0.2, -0.15) is 5.10 Å². The predicted molar refractivity (Wildman–Crippen MR) is 84.3 cm³/mol. The maximum atomic E-state index is 11.9. The van der Waals surface area contributed by atoms with Crippen molar-refractivity contribution in [2.45, 2.75) is 32.9 Å². The number of aryl methyl sites for hydroxylation is 1. The molecule has 5 heteroatoms. The van der Waals surface area contributed by atoms with E-state index < -0.39 is 0 Å². The van der Waals surface area contributed by atoms with Crippen LogP contribution in [0, 0.1) is 0 Å². The maximum absolute atomic E-state index is 11.9. The van der Waals surface area contributed by atoms with Gasteiger partial charge in [-0.25, -0.2) is 0 Å². The van der Waals surface area contributed by atoms with E-state index in [1.54, 1.807) is 4.68 Å². The molecule has 1 heterocycles. The Balaban J connectivity index is 2.00. The lowest BCUT2D eigenvalue weighted by atomic mass is 10.1. The van der Waals surface area contributed by atoms with E-state index in [1.807, 2.05) is 57.6 Å². The standard InChI is InChI=1S/C16H22N4O/c1-11(2)18-16(21)13-5-7-15(8-6-13)19-12(3)14-9-17-20(4)10-14/h5-12,19H,1-4H3,(H,18,21). The average Bonchev–Trinajstić information content (AvgIpc) is 2.85. The lowest BCUT2D eigenvalue weighted by Crippen LogP contribution is -2.29. The highest BCUT2D eigenvalue weighted by Gasteiger charge is 2.09. The second-order valence-electron chi connectivity index (χ2n) is 5.52. The molecule has 2 N–H and O–H groups in total. The second-order valence-corrected chi connectivity index (χ2v) is 5.52. The first-order chi connectivity index (χ1) is 9.95. The number of rotatable bonds is 5. The SMILES string of the molecule is CC(C)NC(=O)c1ccc(NC(C)c2cnn(C)c2)cc1. The molecule has 0 saturated carbocycles. The van der Waals surface area contributed by atoms with Gasteiger partial charge >= 0.3 is 0 Å². The Morgan fingerprint density at radius 2 is 1.86 bits per heavy atom. The van der Waals surface area contributed by atoms with Crippen LogP contribution in [0.4, 0.5) is 5.69 Å². The van der Waals surface area contributed by atoms with Crippen LogP contribution >= 0.6 is 0 Å². The van der Waals surface area contributed by atoms with Gasteiger partial charge in [-0.1, -0.05) is 0 Å². The van der Waals surface area contributed by atoms with E-state index in [0.717, 1.165) is 11.3 Å². The number of carbonyl (C=O) groups excluding carboxylic acids is 1. The topological polar surface area (TPSA) is 59.0 Å². The Bertz CT molecular complexity index is 601. The fourth-order valence-corrected chi connectivity index (χ4v) is 2.06. The zero-order valence-electron chi connectivity index (χ0n) is 12.9. The molecule has 0 aliphatic heterocycles. The molecule has 0 saturated heterocycles. The summed E-state index contributed by atoms with van der Waals surface area (Å²) in [5.74, 6) is -0.0446. The van der Waals surface area contributed by atoms with E-state index in [4.69, 9.17) is 0 Å². The van der Waals surface area contributed by atoms with Gasteiger partial charge in [0.25, 0.3) is 5.91 Å². The highest BCUT2D eigenvalue weighted by Crippen LogP contribution is 2.19. The highest BCUT2D eigenvalue weighted by molar-refractivity contribution is 5.94. The molecule has 0 fully saturated rings. The molecule has 0 aliphatic carbocycles. The Hall–Kier alpha value is -2.30. The molecule has 1 amide bonds. The smallest absolute Gasteiger partial charge is 0.251 e. The van der Waals surface area contributed by atoms with E-state index in [9.17, 15) is 4.79 Å². The van der Waals surface area contributed by atoms with Crippen molar-refractivity contribution in [3.05, 3.63) is 47.8 Å². The van der Waals surface area contributed by atoms with Gasteiger partial charge in [0, 0.05) is 36.1 Å². The summed E-state index contributed by atoms with van der Waals surface area (Å²) in [5, 5.41) is 10.4. The molecule has 5 nitrogen and oxygen atoms in total. The monoisotopic (exact) mass is 286 g/mol. The zero-order valence-corrected chi connectivity index (χ0v) is 12.9. The molecular weight excluding hydrogens is 264 g/mol. The van der Waals surface area contributed by atoms with Crippen LogP contribution in [0.1, 0.15) is 42.7 Å². The maximum Gasteiger partial charge on any atom is 0.251 e. The van der Waals surface area contributed by atoms with Gasteiger partial charge in [-0.3, -0.25) is 9.48 Å². The number of hydrogen-bond acceptors (Lipinski definition) is 3. The zero-order chi connectivity index (χ0) is 15.4. The minimum atomic E-state index is -0.0446. The molecule has 1 aromatic heterocycles. The number of anilines is 1. The minimum absolute atomic E-state index is 0.0446.